The van der Waals surface area contributed by atoms with Gasteiger partial charge in [-0.1, -0.05) is 38.1 Å². The average Bonchev–Trinajstić information content (AvgIpc) is 2.67. The highest BCUT2D eigenvalue weighted by molar-refractivity contribution is 5.78. The van der Waals surface area contributed by atoms with E-state index in [0.717, 1.165) is 11.4 Å². The number of aromatic hydroxyl groups is 1. The topological polar surface area (TPSA) is 53.0 Å². The molecule has 1 heterocycles. The van der Waals surface area contributed by atoms with Crippen molar-refractivity contribution >= 4 is 11.6 Å². The molecule has 0 saturated carbocycles. The largest absolute Gasteiger partial charge is 0.506 e. The molecule has 138 valence electrons. The van der Waals surface area contributed by atoms with E-state index in [0.29, 0.717) is 32.1 Å². The maximum Gasteiger partial charge on any atom is 0.260 e. The molecule has 5 nitrogen and oxygen atoms in total. The molecule has 0 aromatic heterocycles. The number of rotatable bonds is 5. The Morgan fingerprint density at radius 1 is 1.04 bits per heavy atom. The maximum atomic E-state index is 12.4. The van der Waals surface area contributed by atoms with E-state index >= 15 is 0 Å². The van der Waals surface area contributed by atoms with Crippen LogP contribution < -0.4 is 9.64 Å². The van der Waals surface area contributed by atoms with E-state index in [1.165, 1.54) is 5.56 Å². The number of hydrogen-bond acceptors (Lipinski definition) is 4. The van der Waals surface area contributed by atoms with Gasteiger partial charge in [-0.2, -0.15) is 0 Å². The van der Waals surface area contributed by atoms with Crippen molar-refractivity contribution in [2.45, 2.75) is 19.8 Å². The van der Waals surface area contributed by atoms with Crippen molar-refractivity contribution in [1.29, 1.82) is 0 Å². The number of carbonyl (C=O) groups is 1. The lowest BCUT2D eigenvalue weighted by molar-refractivity contribution is -0.133. The van der Waals surface area contributed by atoms with Gasteiger partial charge in [0.2, 0.25) is 0 Å². The molecule has 0 unspecified atom stereocenters. The quantitative estimate of drug-likeness (QED) is 0.896. The third-order valence-corrected chi connectivity index (χ3v) is 4.76. The Balaban J connectivity index is 1.48. The zero-order chi connectivity index (χ0) is 18.5. The summed E-state index contributed by atoms with van der Waals surface area (Å²) in [5, 5.41) is 9.96. The lowest BCUT2D eigenvalue weighted by atomic mass is 10.0. The highest BCUT2D eigenvalue weighted by Crippen LogP contribution is 2.27. The van der Waals surface area contributed by atoms with Crippen LogP contribution in [-0.2, 0) is 4.79 Å². The van der Waals surface area contributed by atoms with Crippen LogP contribution in [0.25, 0.3) is 0 Å². The summed E-state index contributed by atoms with van der Waals surface area (Å²) in [5.41, 5.74) is 2.07. The molecular formula is C21H26N2O3. The molecule has 2 aromatic rings. The second kappa shape index (κ2) is 8.13. The van der Waals surface area contributed by atoms with E-state index in [4.69, 9.17) is 4.74 Å². The Morgan fingerprint density at radius 2 is 1.69 bits per heavy atom. The van der Waals surface area contributed by atoms with Gasteiger partial charge >= 0.3 is 0 Å². The smallest absolute Gasteiger partial charge is 0.260 e. The van der Waals surface area contributed by atoms with Crippen molar-refractivity contribution in [2.75, 3.05) is 37.7 Å². The van der Waals surface area contributed by atoms with Gasteiger partial charge in [-0.3, -0.25) is 4.79 Å². The summed E-state index contributed by atoms with van der Waals surface area (Å²) >= 11 is 0. The third kappa shape index (κ3) is 4.28. The van der Waals surface area contributed by atoms with Gasteiger partial charge in [0.1, 0.15) is 11.5 Å². The first-order chi connectivity index (χ1) is 12.5. The van der Waals surface area contributed by atoms with Gasteiger partial charge in [0, 0.05) is 26.2 Å². The molecule has 1 fully saturated rings. The number of hydrogen-bond donors (Lipinski definition) is 1. The maximum absolute atomic E-state index is 12.4. The molecule has 2 aromatic carbocycles. The van der Waals surface area contributed by atoms with Crippen LogP contribution in [0.4, 0.5) is 5.69 Å². The molecule has 0 spiro atoms. The summed E-state index contributed by atoms with van der Waals surface area (Å²) in [5.74, 6) is 1.47. The first kappa shape index (κ1) is 18.1. The van der Waals surface area contributed by atoms with E-state index in [-0.39, 0.29) is 18.3 Å². The SMILES string of the molecule is CC(C)c1ccc(OCC(=O)N2CCN(c3ccccc3O)CC2)cc1. The van der Waals surface area contributed by atoms with Gasteiger partial charge in [-0.05, 0) is 35.7 Å². The highest BCUT2D eigenvalue weighted by Gasteiger charge is 2.22. The Kier molecular flexibility index (Phi) is 5.66. The Labute approximate surface area is 154 Å². The Bertz CT molecular complexity index is 735. The Morgan fingerprint density at radius 3 is 2.31 bits per heavy atom. The van der Waals surface area contributed by atoms with Crippen molar-refractivity contribution in [1.82, 2.24) is 4.90 Å². The van der Waals surface area contributed by atoms with Gasteiger partial charge < -0.3 is 19.6 Å². The van der Waals surface area contributed by atoms with Gasteiger partial charge in [-0.25, -0.2) is 0 Å². The summed E-state index contributed by atoms with van der Waals surface area (Å²) in [4.78, 5) is 16.3. The fraction of sp³-hybridized carbons (Fsp3) is 0.381. The number of para-hydroxylation sites is 2. The van der Waals surface area contributed by atoms with Crippen molar-refractivity contribution in [3.05, 3.63) is 54.1 Å². The van der Waals surface area contributed by atoms with Crippen molar-refractivity contribution < 1.29 is 14.6 Å². The van der Waals surface area contributed by atoms with Gasteiger partial charge in [0.05, 0.1) is 5.69 Å². The zero-order valence-electron chi connectivity index (χ0n) is 15.4. The summed E-state index contributed by atoms with van der Waals surface area (Å²) in [6.45, 7) is 7.00. The summed E-state index contributed by atoms with van der Waals surface area (Å²) in [6, 6.07) is 15.2. The third-order valence-electron chi connectivity index (χ3n) is 4.76. The number of piperazine rings is 1. The second-order valence-electron chi connectivity index (χ2n) is 6.87. The second-order valence-corrected chi connectivity index (χ2v) is 6.87. The van der Waals surface area contributed by atoms with Crippen LogP contribution in [0, 0.1) is 0 Å². The van der Waals surface area contributed by atoms with Crippen molar-refractivity contribution in [2.24, 2.45) is 0 Å². The summed E-state index contributed by atoms with van der Waals surface area (Å²) in [6.07, 6.45) is 0. The minimum Gasteiger partial charge on any atom is -0.506 e. The van der Waals surface area contributed by atoms with Crippen molar-refractivity contribution in [3.63, 3.8) is 0 Å². The summed E-state index contributed by atoms with van der Waals surface area (Å²) in [7, 11) is 0. The average molecular weight is 354 g/mol. The lowest BCUT2D eigenvalue weighted by Gasteiger charge is -2.36. The molecule has 0 atom stereocenters. The normalized spacial score (nSPS) is 14.6. The lowest BCUT2D eigenvalue weighted by Crippen LogP contribution is -2.50. The minimum absolute atomic E-state index is 0.00475. The van der Waals surface area contributed by atoms with Gasteiger partial charge in [0.25, 0.3) is 5.91 Å². The number of anilines is 1. The standard InChI is InChI=1S/C21H26N2O3/c1-16(2)17-7-9-18(10-8-17)26-15-21(25)23-13-11-22(12-14-23)19-5-3-4-6-20(19)24/h3-10,16,24H,11-15H2,1-2H3. The fourth-order valence-corrected chi connectivity index (χ4v) is 3.11. The molecule has 0 bridgehead atoms. The molecule has 26 heavy (non-hydrogen) atoms. The molecule has 3 rings (SSSR count). The zero-order valence-corrected chi connectivity index (χ0v) is 15.4. The van der Waals surface area contributed by atoms with E-state index < -0.39 is 0 Å². The number of amides is 1. The van der Waals surface area contributed by atoms with E-state index in [9.17, 15) is 9.90 Å². The first-order valence-electron chi connectivity index (χ1n) is 9.08. The van der Waals surface area contributed by atoms with E-state index in [1.54, 1.807) is 6.07 Å². The van der Waals surface area contributed by atoms with Crippen LogP contribution in [0.1, 0.15) is 25.3 Å². The van der Waals surface area contributed by atoms with Gasteiger partial charge in [-0.15, -0.1) is 0 Å². The number of carbonyl (C=O) groups excluding carboxylic acids is 1. The molecule has 1 aliphatic heterocycles. The van der Waals surface area contributed by atoms with Crippen LogP contribution in [0.15, 0.2) is 48.5 Å². The van der Waals surface area contributed by atoms with Crippen LogP contribution in [0.5, 0.6) is 11.5 Å². The highest BCUT2D eigenvalue weighted by atomic mass is 16.5. The molecule has 5 heteroatoms. The van der Waals surface area contributed by atoms with E-state index in [2.05, 4.69) is 18.7 Å². The Hall–Kier alpha value is -2.69. The fourth-order valence-electron chi connectivity index (χ4n) is 3.11. The molecule has 1 saturated heterocycles. The minimum atomic E-state index is -0.00475. The van der Waals surface area contributed by atoms with Crippen LogP contribution in [-0.4, -0.2) is 48.7 Å². The molecule has 1 N–H and O–H groups in total. The van der Waals surface area contributed by atoms with Crippen LogP contribution in [0.2, 0.25) is 0 Å². The molecule has 0 radical (unpaired) electrons. The first-order valence-corrected chi connectivity index (χ1v) is 9.08. The van der Waals surface area contributed by atoms with Crippen molar-refractivity contribution in [3.8, 4) is 11.5 Å². The number of phenolic OH excluding ortho intramolecular Hbond substituents is 1. The van der Waals surface area contributed by atoms with Crippen LogP contribution >= 0.6 is 0 Å². The van der Waals surface area contributed by atoms with Gasteiger partial charge in [0.15, 0.2) is 6.61 Å². The molecule has 1 amide bonds. The number of nitrogens with zero attached hydrogens (tertiary/aromatic N) is 2. The molecule has 0 aliphatic carbocycles. The predicted octanol–water partition coefficient (Wildman–Crippen LogP) is 3.24. The monoisotopic (exact) mass is 354 g/mol. The molecule has 1 aliphatic rings. The predicted molar refractivity (Wildman–Crippen MR) is 103 cm³/mol. The van der Waals surface area contributed by atoms with Crippen LogP contribution in [0.3, 0.4) is 0 Å². The van der Waals surface area contributed by atoms with E-state index in [1.807, 2.05) is 47.4 Å². The number of phenols is 1. The molecular weight excluding hydrogens is 328 g/mol. The number of ether oxygens (including phenoxy) is 1. The number of benzene rings is 2. The summed E-state index contributed by atoms with van der Waals surface area (Å²) < 4.78 is 5.64.